The zero-order chi connectivity index (χ0) is 21.0. The van der Waals surface area contributed by atoms with E-state index in [1.807, 2.05) is 6.07 Å². The lowest BCUT2D eigenvalue weighted by atomic mass is 10.2. The molecule has 146 valence electrons. The summed E-state index contributed by atoms with van der Waals surface area (Å²) in [6.45, 7) is 0. The molecule has 0 saturated carbocycles. The van der Waals surface area contributed by atoms with Crippen LogP contribution in [0.15, 0.2) is 75.5 Å². The Labute approximate surface area is 172 Å². The number of amides is 1. The Morgan fingerprint density at radius 1 is 1.07 bits per heavy atom. The normalized spacial score (nSPS) is 11.7. The Bertz CT molecular complexity index is 1220. The number of sulfonamides is 1. The molecule has 0 unspecified atom stereocenters. The van der Waals surface area contributed by atoms with Gasteiger partial charge in [-0.3, -0.25) is 4.79 Å². The number of carbonyl (C=O) groups is 1. The van der Waals surface area contributed by atoms with Crippen molar-refractivity contribution >= 4 is 39.3 Å². The molecule has 0 radical (unpaired) electrons. The van der Waals surface area contributed by atoms with Gasteiger partial charge in [-0.2, -0.15) is 5.26 Å². The van der Waals surface area contributed by atoms with Crippen LogP contribution in [0.4, 0.5) is 5.69 Å². The lowest BCUT2D eigenvalue weighted by Crippen LogP contribution is -2.13. The first-order valence-electron chi connectivity index (χ1n) is 8.18. The van der Waals surface area contributed by atoms with E-state index in [-0.39, 0.29) is 10.5 Å². The smallest absolute Gasteiger partial charge is 0.266 e. The topological polar surface area (TPSA) is 126 Å². The molecule has 0 saturated heterocycles. The van der Waals surface area contributed by atoms with Crippen molar-refractivity contribution in [2.45, 2.75) is 4.90 Å². The van der Waals surface area contributed by atoms with E-state index < -0.39 is 15.9 Å². The lowest BCUT2D eigenvalue weighted by molar-refractivity contribution is -0.112. The molecule has 1 aromatic heterocycles. The van der Waals surface area contributed by atoms with Gasteiger partial charge in [-0.1, -0.05) is 11.6 Å². The van der Waals surface area contributed by atoms with Crippen LogP contribution in [-0.4, -0.2) is 14.3 Å². The van der Waals surface area contributed by atoms with Gasteiger partial charge in [0.15, 0.2) is 0 Å². The van der Waals surface area contributed by atoms with Crippen LogP contribution >= 0.6 is 11.6 Å². The van der Waals surface area contributed by atoms with Gasteiger partial charge in [0.1, 0.15) is 23.2 Å². The molecular weight excluding hydrogens is 414 g/mol. The summed E-state index contributed by atoms with van der Waals surface area (Å²) in [7, 11) is -3.78. The Morgan fingerprint density at radius 3 is 2.31 bits per heavy atom. The Hall–Kier alpha value is -3.38. The molecule has 0 fully saturated rings. The molecule has 0 bridgehead atoms. The molecule has 0 atom stereocenters. The van der Waals surface area contributed by atoms with E-state index in [0.29, 0.717) is 27.8 Å². The second-order valence-electron chi connectivity index (χ2n) is 5.90. The molecular formula is C20H14ClN3O4S. The summed E-state index contributed by atoms with van der Waals surface area (Å²) in [5, 5.41) is 17.5. The minimum atomic E-state index is -3.78. The maximum atomic E-state index is 12.3. The molecule has 1 amide bonds. The average molecular weight is 428 g/mol. The fourth-order valence-electron chi connectivity index (χ4n) is 2.42. The average Bonchev–Trinajstić information content (AvgIpc) is 3.16. The van der Waals surface area contributed by atoms with Crippen LogP contribution in [0, 0.1) is 11.3 Å². The second kappa shape index (κ2) is 8.32. The molecule has 9 heteroatoms. The van der Waals surface area contributed by atoms with E-state index in [0.717, 1.165) is 0 Å². The van der Waals surface area contributed by atoms with Crippen LogP contribution < -0.4 is 10.5 Å². The fourth-order valence-corrected chi connectivity index (χ4v) is 3.06. The molecule has 29 heavy (non-hydrogen) atoms. The number of carbonyl (C=O) groups excluding carboxylic acids is 1. The van der Waals surface area contributed by atoms with Crippen LogP contribution in [0.2, 0.25) is 5.02 Å². The van der Waals surface area contributed by atoms with E-state index in [1.54, 1.807) is 48.5 Å². The molecule has 0 aliphatic heterocycles. The van der Waals surface area contributed by atoms with E-state index in [2.05, 4.69) is 5.32 Å². The summed E-state index contributed by atoms with van der Waals surface area (Å²) in [6, 6.07) is 17.4. The number of nitriles is 1. The van der Waals surface area contributed by atoms with Crippen molar-refractivity contribution in [1.82, 2.24) is 0 Å². The predicted octanol–water partition coefficient (Wildman–Crippen LogP) is 3.79. The van der Waals surface area contributed by atoms with Crippen molar-refractivity contribution in [3.05, 3.63) is 77.0 Å². The first-order valence-corrected chi connectivity index (χ1v) is 10.1. The number of rotatable bonds is 5. The number of hydrogen-bond donors (Lipinski definition) is 2. The summed E-state index contributed by atoms with van der Waals surface area (Å²) >= 11 is 5.80. The third kappa shape index (κ3) is 5.12. The van der Waals surface area contributed by atoms with Crippen LogP contribution in [0.5, 0.6) is 0 Å². The van der Waals surface area contributed by atoms with E-state index >= 15 is 0 Å². The van der Waals surface area contributed by atoms with Gasteiger partial charge in [0.25, 0.3) is 5.91 Å². The highest BCUT2D eigenvalue weighted by molar-refractivity contribution is 7.89. The first-order chi connectivity index (χ1) is 13.8. The predicted molar refractivity (Wildman–Crippen MR) is 109 cm³/mol. The van der Waals surface area contributed by atoms with Crippen molar-refractivity contribution in [1.29, 1.82) is 5.26 Å². The van der Waals surface area contributed by atoms with Gasteiger partial charge in [0.2, 0.25) is 10.0 Å². The Kier molecular flexibility index (Phi) is 5.84. The van der Waals surface area contributed by atoms with Gasteiger partial charge in [0, 0.05) is 22.3 Å². The van der Waals surface area contributed by atoms with Gasteiger partial charge < -0.3 is 9.73 Å². The zero-order valence-corrected chi connectivity index (χ0v) is 16.4. The molecule has 2 aromatic carbocycles. The van der Waals surface area contributed by atoms with E-state index in [1.165, 1.54) is 18.2 Å². The van der Waals surface area contributed by atoms with Gasteiger partial charge in [0.05, 0.1) is 4.90 Å². The Morgan fingerprint density at radius 2 is 1.72 bits per heavy atom. The van der Waals surface area contributed by atoms with Gasteiger partial charge in [-0.15, -0.1) is 0 Å². The molecule has 1 heterocycles. The number of halogens is 1. The SMILES string of the molecule is N#C/C(=C\c1ccc(-c2ccc(S(N)(=O)=O)cc2)o1)C(=O)Nc1ccc(Cl)cc1. The maximum Gasteiger partial charge on any atom is 0.266 e. The molecule has 0 spiro atoms. The highest BCUT2D eigenvalue weighted by atomic mass is 35.5. The van der Waals surface area contributed by atoms with Crippen LogP contribution in [0.25, 0.3) is 17.4 Å². The van der Waals surface area contributed by atoms with Crippen LogP contribution in [-0.2, 0) is 14.8 Å². The van der Waals surface area contributed by atoms with E-state index in [9.17, 15) is 18.5 Å². The highest BCUT2D eigenvalue weighted by Gasteiger charge is 2.12. The first kappa shape index (κ1) is 20.4. The number of nitrogens with one attached hydrogen (secondary N) is 1. The molecule has 0 aliphatic rings. The number of hydrogen-bond acceptors (Lipinski definition) is 5. The number of furan rings is 1. The summed E-state index contributed by atoms with van der Waals surface area (Å²) < 4.78 is 28.3. The fraction of sp³-hybridized carbons (Fsp3) is 0. The van der Waals surface area contributed by atoms with Crippen molar-refractivity contribution in [3.8, 4) is 17.4 Å². The number of anilines is 1. The number of nitrogens with two attached hydrogens (primary N) is 1. The summed E-state index contributed by atoms with van der Waals surface area (Å²) in [4.78, 5) is 12.3. The monoisotopic (exact) mass is 427 g/mol. The zero-order valence-electron chi connectivity index (χ0n) is 14.8. The molecule has 3 aromatic rings. The van der Waals surface area contributed by atoms with E-state index in [4.69, 9.17) is 21.2 Å². The number of nitrogens with zero attached hydrogens (tertiary/aromatic N) is 1. The van der Waals surface area contributed by atoms with Crippen molar-refractivity contribution in [3.63, 3.8) is 0 Å². The quantitative estimate of drug-likeness (QED) is 0.473. The Balaban J connectivity index is 1.79. The summed E-state index contributed by atoms with van der Waals surface area (Å²) in [6.07, 6.45) is 1.31. The van der Waals surface area contributed by atoms with Gasteiger partial charge in [-0.05, 0) is 60.7 Å². The largest absolute Gasteiger partial charge is 0.457 e. The number of primary sulfonamides is 1. The molecule has 7 nitrogen and oxygen atoms in total. The summed E-state index contributed by atoms with van der Waals surface area (Å²) in [5.74, 6) is 0.135. The third-order valence-electron chi connectivity index (χ3n) is 3.85. The van der Waals surface area contributed by atoms with Crippen molar-refractivity contribution in [2.24, 2.45) is 5.14 Å². The van der Waals surface area contributed by atoms with Gasteiger partial charge >= 0.3 is 0 Å². The van der Waals surface area contributed by atoms with Crippen LogP contribution in [0.1, 0.15) is 5.76 Å². The van der Waals surface area contributed by atoms with Crippen molar-refractivity contribution < 1.29 is 17.6 Å². The molecule has 0 aliphatic carbocycles. The maximum absolute atomic E-state index is 12.3. The van der Waals surface area contributed by atoms with Gasteiger partial charge in [-0.25, -0.2) is 13.6 Å². The minimum absolute atomic E-state index is 0.0152. The summed E-state index contributed by atoms with van der Waals surface area (Å²) in [5.41, 5.74) is 0.960. The third-order valence-corrected chi connectivity index (χ3v) is 5.03. The second-order valence-corrected chi connectivity index (χ2v) is 7.90. The minimum Gasteiger partial charge on any atom is -0.457 e. The van der Waals surface area contributed by atoms with Crippen LogP contribution in [0.3, 0.4) is 0 Å². The standard InChI is InChI=1S/C20H14ClN3O4S/c21-15-3-5-16(6-4-15)24-20(25)14(12-22)11-17-7-10-19(28-17)13-1-8-18(9-2-13)29(23,26)27/h1-11H,(H,24,25)(H2,23,26,27)/b14-11+. The number of benzene rings is 2. The molecule has 3 N–H and O–H groups in total. The molecule has 3 rings (SSSR count). The lowest BCUT2D eigenvalue weighted by Gasteiger charge is -2.03. The van der Waals surface area contributed by atoms with Crippen molar-refractivity contribution in [2.75, 3.05) is 5.32 Å². The highest BCUT2D eigenvalue weighted by Crippen LogP contribution is 2.25.